The highest BCUT2D eigenvalue weighted by Crippen LogP contribution is 2.40. The summed E-state index contributed by atoms with van der Waals surface area (Å²) in [4.78, 5) is 15.0. The zero-order chi connectivity index (χ0) is 26.5. The number of nitrogens with zero attached hydrogens (tertiary/aromatic N) is 1. The molecule has 4 nitrogen and oxygen atoms in total. The van der Waals surface area contributed by atoms with Gasteiger partial charge in [0.25, 0.3) is 0 Å². The summed E-state index contributed by atoms with van der Waals surface area (Å²) in [5.74, 6) is 0.918. The number of carbonyl (C=O) groups excluding carboxylic acids is 1. The summed E-state index contributed by atoms with van der Waals surface area (Å²) in [7, 11) is 0. The van der Waals surface area contributed by atoms with Gasteiger partial charge in [-0.15, -0.1) is 0 Å². The number of phenolic OH excluding ortho intramolecular Hbond substituents is 1. The standard InChI is InChI=1S/C31H43ClN2O2/c1-30(2,3)25-19-23(20-26(29(25)36)31(4,5)6)11-12-28(35)33-16-13-22-14-17-34(18-15-22)21-24-9-7-8-10-27(24)32/h7-12,19-20,22,36H,13-18,21H2,1-6H3,(H,33,35)/b12-11+. The predicted octanol–water partition coefficient (Wildman–Crippen LogP) is 7.07. The zero-order valence-electron chi connectivity index (χ0n) is 22.8. The number of amides is 1. The zero-order valence-corrected chi connectivity index (χ0v) is 23.6. The number of benzene rings is 2. The lowest BCUT2D eigenvalue weighted by atomic mass is 9.78. The first-order valence-corrected chi connectivity index (χ1v) is 13.5. The quantitative estimate of drug-likeness (QED) is 0.391. The van der Waals surface area contributed by atoms with E-state index in [1.54, 1.807) is 6.08 Å². The summed E-state index contributed by atoms with van der Waals surface area (Å²) in [6.07, 6.45) is 6.76. The number of likely N-dealkylation sites (tertiary alicyclic amines) is 1. The third-order valence-corrected chi connectivity index (χ3v) is 7.45. The molecule has 0 aromatic heterocycles. The van der Waals surface area contributed by atoms with Crippen LogP contribution in [0, 0.1) is 5.92 Å². The molecule has 5 heteroatoms. The fraction of sp³-hybridized carbons (Fsp3) is 0.516. The fourth-order valence-corrected chi connectivity index (χ4v) is 5.02. The minimum Gasteiger partial charge on any atom is -0.507 e. The molecule has 2 aromatic carbocycles. The van der Waals surface area contributed by atoms with Crippen LogP contribution in [0.25, 0.3) is 6.08 Å². The Morgan fingerprint density at radius 3 is 2.19 bits per heavy atom. The van der Waals surface area contributed by atoms with Crippen LogP contribution in [0.15, 0.2) is 42.5 Å². The molecule has 0 spiro atoms. The molecule has 0 aliphatic carbocycles. The summed E-state index contributed by atoms with van der Waals surface area (Å²) < 4.78 is 0. The van der Waals surface area contributed by atoms with Crippen LogP contribution in [0.5, 0.6) is 5.75 Å². The molecule has 1 saturated heterocycles. The van der Waals surface area contributed by atoms with E-state index >= 15 is 0 Å². The molecule has 2 aromatic rings. The molecule has 3 rings (SSSR count). The number of hydrogen-bond acceptors (Lipinski definition) is 3. The van der Waals surface area contributed by atoms with Crippen molar-refractivity contribution in [2.75, 3.05) is 19.6 Å². The van der Waals surface area contributed by atoms with E-state index in [1.165, 1.54) is 5.56 Å². The maximum absolute atomic E-state index is 12.5. The first kappa shape index (κ1) is 28.3. The molecular formula is C31H43ClN2O2. The van der Waals surface area contributed by atoms with E-state index < -0.39 is 0 Å². The summed E-state index contributed by atoms with van der Waals surface area (Å²) in [6, 6.07) is 12.0. The number of phenols is 1. The molecule has 0 unspecified atom stereocenters. The lowest BCUT2D eigenvalue weighted by molar-refractivity contribution is -0.116. The number of piperidine rings is 1. The Kier molecular flexibility index (Phi) is 9.29. The highest BCUT2D eigenvalue weighted by molar-refractivity contribution is 6.31. The van der Waals surface area contributed by atoms with E-state index in [-0.39, 0.29) is 16.7 Å². The van der Waals surface area contributed by atoms with Crippen molar-refractivity contribution < 1.29 is 9.90 Å². The molecule has 1 fully saturated rings. The molecule has 36 heavy (non-hydrogen) atoms. The van der Waals surface area contributed by atoms with Crippen molar-refractivity contribution in [3.63, 3.8) is 0 Å². The van der Waals surface area contributed by atoms with Crippen molar-refractivity contribution in [1.29, 1.82) is 0 Å². The minimum atomic E-state index is -0.195. The lowest BCUT2D eigenvalue weighted by Gasteiger charge is -2.32. The van der Waals surface area contributed by atoms with Gasteiger partial charge in [-0.3, -0.25) is 9.69 Å². The number of rotatable bonds is 7. The second kappa shape index (κ2) is 11.8. The van der Waals surface area contributed by atoms with Crippen LogP contribution in [0.2, 0.25) is 5.02 Å². The number of hydrogen-bond donors (Lipinski definition) is 2. The summed E-state index contributed by atoms with van der Waals surface area (Å²) in [5.41, 5.74) is 3.53. The average Bonchev–Trinajstić information content (AvgIpc) is 2.79. The van der Waals surface area contributed by atoms with Crippen LogP contribution >= 0.6 is 11.6 Å². The maximum Gasteiger partial charge on any atom is 0.243 e. The second-order valence-corrected chi connectivity index (χ2v) is 12.6. The molecule has 196 valence electrons. The Balaban J connectivity index is 1.49. The van der Waals surface area contributed by atoms with Gasteiger partial charge < -0.3 is 10.4 Å². The van der Waals surface area contributed by atoms with Crippen molar-refractivity contribution in [3.8, 4) is 5.75 Å². The number of halogens is 1. The van der Waals surface area contributed by atoms with Crippen molar-refractivity contribution in [3.05, 3.63) is 69.8 Å². The van der Waals surface area contributed by atoms with E-state index in [0.717, 1.165) is 60.6 Å². The number of carbonyl (C=O) groups is 1. The van der Waals surface area contributed by atoms with Gasteiger partial charge in [-0.05, 0) is 84.5 Å². The molecule has 2 N–H and O–H groups in total. The van der Waals surface area contributed by atoms with Gasteiger partial charge in [0.05, 0.1) is 0 Å². The van der Waals surface area contributed by atoms with Gasteiger partial charge in [0, 0.05) is 35.3 Å². The topological polar surface area (TPSA) is 52.6 Å². The Hall–Kier alpha value is -2.30. The first-order chi connectivity index (χ1) is 16.8. The minimum absolute atomic E-state index is 0.0751. The predicted molar refractivity (Wildman–Crippen MR) is 152 cm³/mol. The van der Waals surface area contributed by atoms with Gasteiger partial charge >= 0.3 is 0 Å². The van der Waals surface area contributed by atoms with Gasteiger partial charge in [-0.2, -0.15) is 0 Å². The van der Waals surface area contributed by atoms with Crippen molar-refractivity contribution in [2.24, 2.45) is 5.92 Å². The third kappa shape index (κ3) is 7.85. The molecule has 1 heterocycles. The van der Waals surface area contributed by atoms with E-state index in [0.29, 0.717) is 18.2 Å². The highest BCUT2D eigenvalue weighted by Gasteiger charge is 2.26. The number of aromatic hydroxyl groups is 1. The average molecular weight is 511 g/mol. The van der Waals surface area contributed by atoms with Gasteiger partial charge in [0.15, 0.2) is 0 Å². The Bertz CT molecular complexity index is 1040. The summed E-state index contributed by atoms with van der Waals surface area (Å²) in [5, 5.41) is 14.8. The van der Waals surface area contributed by atoms with Gasteiger partial charge in [0.1, 0.15) is 5.75 Å². The Morgan fingerprint density at radius 1 is 1.06 bits per heavy atom. The van der Waals surface area contributed by atoms with E-state index in [9.17, 15) is 9.90 Å². The van der Waals surface area contributed by atoms with Crippen molar-refractivity contribution >= 4 is 23.6 Å². The molecule has 0 atom stereocenters. The highest BCUT2D eigenvalue weighted by atomic mass is 35.5. The van der Waals surface area contributed by atoms with E-state index in [2.05, 4.69) is 57.8 Å². The van der Waals surface area contributed by atoms with Gasteiger partial charge in [0.2, 0.25) is 5.91 Å². The largest absolute Gasteiger partial charge is 0.507 e. The molecule has 1 aliphatic rings. The van der Waals surface area contributed by atoms with Crippen LogP contribution in [-0.4, -0.2) is 35.5 Å². The van der Waals surface area contributed by atoms with Gasteiger partial charge in [-0.25, -0.2) is 0 Å². The van der Waals surface area contributed by atoms with Crippen LogP contribution in [0.4, 0.5) is 0 Å². The van der Waals surface area contributed by atoms with Crippen LogP contribution < -0.4 is 5.32 Å². The number of nitrogens with one attached hydrogen (secondary N) is 1. The monoisotopic (exact) mass is 510 g/mol. The summed E-state index contributed by atoms with van der Waals surface area (Å²) >= 11 is 6.31. The smallest absolute Gasteiger partial charge is 0.243 e. The molecule has 1 amide bonds. The fourth-order valence-electron chi connectivity index (χ4n) is 4.83. The SMILES string of the molecule is CC(C)(C)c1cc(/C=C/C(=O)NCCC2CCN(Cc3ccccc3Cl)CC2)cc(C(C)(C)C)c1O. The third-order valence-electron chi connectivity index (χ3n) is 7.09. The molecule has 0 bridgehead atoms. The van der Waals surface area contributed by atoms with Gasteiger partial charge in [-0.1, -0.05) is 71.3 Å². The second-order valence-electron chi connectivity index (χ2n) is 12.2. The first-order valence-electron chi connectivity index (χ1n) is 13.1. The van der Waals surface area contributed by atoms with Crippen LogP contribution in [0.3, 0.4) is 0 Å². The molecule has 1 aliphatic heterocycles. The van der Waals surface area contributed by atoms with Crippen LogP contribution in [-0.2, 0) is 22.2 Å². The maximum atomic E-state index is 12.5. The summed E-state index contributed by atoms with van der Waals surface area (Å²) in [6.45, 7) is 16.3. The molecule has 0 saturated carbocycles. The van der Waals surface area contributed by atoms with Crippen molar-refractivity contribution in [1.82, 2.24) is 10.2 Å². The van der Waals surface area contributed by atoms with Crippen LogP contribution in [0.1, 0.15) is 83.1 Å². The lowest BCUT2D eigenvalue weighted by Crippen LogP contribution is -2.34. The van der Waals surface area contributed by atoms with E-state index in [1.807, 2.05) is 36.4 Å². The molecular weight excluding hydrogens is 468 g/mol. The Labute approximate surface area is 222 Å². The normalized spacial score (nSPS) is 16.0. The van der Waals surface area contributed by atoms with E-state index in [4.69, 9.17) is 11.6 Å². The van der Waals surface area contributed by atoms with Crippen molar-refractivity contribution in [2.45, 2.75) is 78.2 Å². The molecule has 0 radical (unpaired) electrons. The Morgan fingerprint density at radius 2 is 1.64 bits per heavy atom.